The van der Waals surface area contributed by atoms with E-state index >= 15 is 0 Å². The lowest BCUT2D eigenvalue weighted by atomic mass is 10.00. The molecule has 1 amide bonds. The molecule has 134 valence electrons. The fourth-order valence-electron chi connectivity index (χ4n) is 2.89. The Labute approximate surface area is 146 Å². The van der Waals surface area contributed by atoms with E-state index in [-0.39, 0.29) is 24.2 Å². The number of hydrogen-bond donors (Lipinski definition) is 0. The predicted octanol–water partition coefficient (Wildman–Crippen LogP) is 2.94. The molecule has 1 fully saturated rings. The highest BCUT2D eigenvalue weighted by Crippen LogP contribution is 2.19. The molecule has 25 heavy (non-hydrogen) atoms. The largest absolute Gasteiger partial charge is 0.452 e. The first-order valence-corrected chi connectivity index (χ1v) is 8.40. The maximum absolute atomic E-state index is 12.2. The number of ether oxygens (including phenoxy) is 1. The van der Waals surface area contributed by atoms with Crippen molar-refractivity contribution in [2.24, 2.45) is 0 Å². The summed E-state index contributed by atoms with van der Waals surface area (Å²) in [6.45, 7) is 2.50. The van der Waals surface area contributed by atoms with Gasteiger partial charge in [0.25, 0.3) is 11.6 Å². The number of hydrogen-bond acceptors (Lipinski definition) is 5. The third-order valence-electron chi connectivity index (χ3n) is 4.27. The Morgan fingerprint density at radius 3 is 2.68 bits per heavy atom. The second-order valence-corrected chi connectivity index (χ2v) is 5.93. The average molecular weight is 346 g/mol. The van der Waals surface area contributed by atoms with E-state index in [0.29, 0.717) is 12.1 Å². The summed E-state index contributed by atoms with van der Waals surface area (Å²) in [5.41, 5.74) is 0.619. The fourth-order valence-corrected chi connectivity index (χ4v) is 2.89. The first-order valence-electron chi connectivity index (χ1n) is 8.40. The van der Waals surface area contributed by atoms with Crippen molar-refractivity contribution in [2.75, 3.05) is 13.2 Å². The molecule has 0 aliphatic carbocycles. The van der Waals surface area contributed by atoms with Gasteiger partial charge in [0.2, 0.25) is 0 Å². The Kier molecular flexibility index (Phi) is 6.68. The molecule has 1 aromatic rings. The third kappa shape index (κ3) is 5.41. The van der Waals surface area contributed by atoms with Crippen LogP contribution in [0.3, 0.4) is 0 Å². The monoisotopic (exact) mass is 346 g/mol. The van der Waals surface area contributed by atoms with Crippen LogP contribution in [0.25, 0.3) is 6.08 Å². The van der Waals surface area contributed by atoms with Crippen LogP contribution in [0.5, 0.6) is 0 Å². The van der Waals surface area contributed by atoms with Crippen LogP contribution in [0, 0.1) is 10.1 Å². The summed E-state index contributed by atoms with van der Waals surface area (Å²) in [6, 6.07) is 6.01. The number of esters is 1. The molecule has 1 atom stereocenters. The zero-order chi connectivity index (χ0) is 18.2. The number of benzene rings is 1. The van der Waals surface area contributed by atoms with Crippen LogP contribution in [0.2, 0.25) is 0 Å². The smallest absolute Gasteiger partial charge is 0.331 e. The molecule has 0 spiro atoms. The lowest BCUT2D eigenvalue weighted by Crippen LogP contribution is -2.45. The molecule has 1 aromatic carbocycles. The van der Waals surface area contributed by atoms with Gasteiger partial charge >= 0.3 is 5.97 Å². The minimum absolute atomic E-state index is 0.0164. The van der Waals surface area contributed by atoms with Crippen molar-refractivity contribution < 1.29 is 19.2 Å². The van der Waals surface area contributed by atoms with E-state index < -0.39 is 10.9 Å². The van der Waals surface area contributed by atoms with Crippen molar-refractivity contribution in [1.82, 2.24) is 4.90 Å². The molecular formula is C18H22N2O5. The summed E-state index contributed by atoms with van der Waals surface area (Å²) in [4.78, 5) is 35.8. The number of amides is 1. The summed E-state index contributed by atoms with van der Waals surface area (Å²) in [7, 11) is 0. The molecule has 1 heterocycles. The van der Waals surface area contributed by atoms with Crippen LogP contribution >= 0.6 is 0 Å². The minimum Gasteiger partial charge on any atom is -0.452 e. The fraction of sp³-hybridized carbons (Fsp3) is 0.444. The maximum atomic E-state index is 12.2. The van der Waals surface area contributed by atoms with Gasteiger partial charge in [0.1, 0.15) is 0 Å². The number of nitro groups is 1. The zero-order valence-electron chi connectivity index (χ0n) is 14.2. The average Bonchev–Trinajstić information content (AvgIpc) is 2.64. The highest BCUT2D eigenvalue weighted by Gasteiger charge is 2.25. The van der Waals surface area contributed by atoms with E-state index in [4.69, 9.17) is 4.74 Å². The van der Waals surface area contributed by atoms with E-state index in [1.807, 2.05) is 0 Å². The molecule has 7 nitrogen and oxygen atoms in total. The Balaban J connectivity index is 1.83. The summed E-state index contributed by atoms with van der Waals surface area (Å²) >= 11 is 0. The summed E-state index contributed by atoms with van der Waals surface area (Å²) < 4.78 is 5.01. The van der Waals surface area contributed by atoms with Crippen LogP contribution in [-0.2, 0) is 14.3 Å². The zero-order valence-corrected chi connectivity index (χ0v) is 14.2. The van der Waals surface area contributed by atoms with Gasteiger partial charge in [-0.15, -0.1) is 0 Å². The molecular weight excluding hydrogens is 324 g/mol. The van der Waals surface area contributed by atoms with Gasteiger partial charge in [-0.3, -0.25) is 14.9 Å². The van der Waals surface area contributed by atoms with Gasteiger partial charge in [-0.2, -0.15) is 0 Å². The highest BCUT2D eigenvalue weighted by molar-refractivity contribution is 5.89. The lowest BCUT2D eigenvalue weighted by Gasteiger charge is -2.35. The van der Waals surface area contributed by atoms with Crippen molar-refractivity contribution in [3.8, 4) is 0 Å². The normalized spacial score (nSPS) is 17.5. The molecule has 0 radical (unpaired) electrons. The van der Waals surface area contributed by atoms with E-state index in [2.05, 4.69) is 6.92 Å². The first-order chi connectivity index (χ1) is 12.0. The molecule has 7 heteroatoms. The van der Waals surface area contributed by atoms with Crippen molar-refractivity contribution in [2.45, 2.75) is 38.6 Å². The molecule has 0 unspecified atom stereocenters. The van der Waals surface area contributed by atoms with Gasteiger partial charge in [0.15, 0.2) is 6.61 Å². The lowest BCUT2D eigenvalue weighted by molar-refractivity contribution is -0.384. The number of carbonyl (C=O) groups excluding carboxylic acids is 2. The van der Waals surface area contributed by atoms with Crippen molar-refractivity contribution >= 4 is 23.6 Å². The second-order valence-electron chi connectivity index (χ2n) is 5.93. The molecule has 0 N–H and O–H groups in total. The minimum atomic E-state index is -0.614. The molecule has 2 rings (SSSR count). The van der Waals surface area contributed by atoms with E-state index in [9.17, 15) is 19.7 Å². The van der Waals surface area contributed by atoms with Crippen LogP contribution in [-0.4, -0.2) is 40.9 Å². The van der Waals surface area contributed by atoms with Crippen LogP contribution < -0.4 is 0 Å². The van der Waals surface area contributed by atoms with E-state index in [1.165, 1.54) is 36.4 Å². The predicted molar refractivity (Wildman–Crippen MR) is 92.7 cm³/mol. The number of nitro benzene ring substituents is 1. The summed E-state index contributed by atoms with van der Waals surface area (Å²) in [6.07, 6.45) is 6.71. The summed E-state index contributed by atoms with van der Waals surface area (Å²) in [5.74, 6) is -0.777. The Morgan fingerprint density at radius 2 is 2.04 bits per heavy atom. The number of non-ortho nitro benzene ring substituents is 1. The van der Waals surface area contributed by atoms with Gasteiger partial charge in [0, 0.05) is 30.8 Å². The van der Waals surface area contributed by atoms with Gasteiger partial charge in [0.05, 0.1) is 4.92 Å². The number of nitrogens with zero attached hydrogens (tertiary/aromatic N) is 2. The van der Waals surface area contributed by atoms with Crippen molar-refractivity contribution in [3.05, 3.63) is 46.0 Å². The number of likely N-dealkylation sites (tertiary alicyclic amines) is 1. The van der Waals surface area contributed by atoms with Crippen molar-refractivity contribution in [1.29, 1.82) is 0 Å². The summed E-state index contributed by atoms with van der Waals surface area (Å²) in [5, 5.41) is 10.6. The molecule has 0 aromatic heterocycles. The van der Waals surface area contributed by atoms with Gasteiger partial charge in [-0.25, -0.2) is 4.79 Å². The van der Waals surface area contributed by atoms with Crippen LogP contribution in [0.1, 0.15) is 38.2 Å². The Morgan fingerprint density at radius 1 is 1.32 bits per heavy atom. The first kappa shape index (κ1) is 18.6. The maximum Gasteiger partial charge on any atom is 0.331 e. The number of piperidine rings is 1. The molecule has 0 saturated carbocycles. The van der Waals surface area contributed by atoms with Gasteiger partial charge in [-0.05, 0) is 49.5 Å². The van der Waals surface area contributed by atoms with Crippen LogP contribution in [0.15, 0.2) is 30.3 Å². The van der Waals surface area contributed by atoms with Crippen molar-refractivity contribution in [3.63, 3.8) is 0 Å². The molecule has 1 aliphatic heterocycles. The number of carbonyl (C=O) groups is 2. The topological polar surface area (TPSA) is 89.8 Å². The van der Waals surface area contributed by atoms with E-state index in [1.54, 1.807) is 4.90 Å². The molecule has 0 bridgehead atoms. The second kappa shape index (κ2) is 8.96. The Bertz CT molecular complexity index is 654. The molecule has 1 saturated heterocycles. The quantitative estimate of drug-likeness (QED) is 0.342. The van der Waals surface area contributed by atoms with Crippen LogP contribution in [0.4, 0.5) is 5.69 Å². The molecule has 1 aliphatic rings. The van der Waals surface area contributed by atoms with E-state index in [0.717, 1.165) is 25.7 Å². The number of rotatable bonds is 6. The third-order valence-corrected chi connectivity index (χ3v) is 4.27. The van der Waals surface area contributed by atoms with Gasteiger partial charge in [-0.1, -0.05) is 6.92 Å². The Hall–Kier alpha value is -2.70. The standard InChI is InChI=1S/C18H22N2O5/c1-2-15-5-3-4-12-19(15)17(21)13-25-18(22)11-8-14-6-9-16(10-7-14)20(23)24/h6-11,15H,2-5,12-13H2,1H3/b11-8+/t15-/m1/s1. The highest BCUT2D eigenvalue weighted by atomic mass is 16.6. The SMILES string of the molecule is CC[C@@H]1CCCCN1C(=O)COC(=O)/C=C/c1ccc([N+](=O)[O-])cc1. The van der Waals surface area contributed by atoms with Gasteiger partial charge < -0.3 is 9.64 Å².